The number of nitrogens with zero attached hydrogens (tertiary/aromatic N) is 1. The van der Waals surface area contributed by atoms with Gasteiger partial charge in [-0.3, -0.25) is 4.98 Å². The minimum atomic E-state index is 0.478. The average molecular weight is 208 g/mol. The number of aromatic nitrogens is 1. The molecule has 1 atom stereocenters. The largest absolute Gasteiger partial charge is 0.493 e. The van der Waals surface area contributed by atoms with Gasteiger partial charge in [0.25, 0.3) is 0 Å². The van der Waals surface area contributed by atoms with E-state index >= 15 is 0 Å². The van der Waals surface area contributed by atoms with Gasteiger partial charge in [-0.25, -0.2) is 0 Å². The lowest BCUT2D eigenvalue weighted by atomic mass is 10.1. The van der Waals surface area contributed by atoms with E-state index in [0.717, 1.165) is 17.9 Å². The fourth-order valence-electron chi connectivity index (χ4n) is 1.52. The third kappa shape index (κ3) is 3.88. The van der Waals surface area contributed by atoms with E-state index in [2.05, 4.69) is 18.8 Å². The van der Waals surface area contributed by atoms with E-state index in [1.54, 1.807) is 12.4 Å². The maximum atomic E-state index is 5.72. The van der Waals surface area contributed by atoms with E-state index < -0.39 is 0 Å². The lowest BCUT2D eigenvalue weighted by molar-refractivity contribution is 0.249. The van der Waals surface area contributed by atoms with Crippen LogP contribution in [0.15, 0.2) is 18.5 Å². The van der Waals surface area contributed by atoms with Crippen molar-refractivity contribution >= 4 is 0 Å². The predicted molar refractivity (Wildman–Crippen MR) is 61.7 cm³/mol. The van der Waals surface area contributed by atoms with Gasteiger partial charge in [0.2, 0.25) is 0 Å². The lowest BCUT2D eigenvalue weighted by Gasteiger charge is -2.13. The first-order valence-corrected chi connectivity index (χ1v) is 5.53. The molecule has 0 aliphatic rings. The van der Waals surface area contributed by atoms with Gasteiger partial charge in [-0.15, -0.1) is 0 Å². The summed E-state index contributed by atoms with van der Waals surface area (Å²) in [6.07, 6.45) is 5.90. The van der Waals surface area contributed by atoms with Crippen molar-refractivity contribution in [3.63, 3.8) is 0 Å². The third-order valence-corrected chi connectivity index (χ3v) is 2.38. The molecule has 0 aliphatic carbocycles. The highest BCUT2D eigenvalue weighted by Gasteiger charge is 2.05. The fraction of sp³-hybridized carbons (Fsp3) is 0.583. The molecular formula is C12H20N2O. The Labute approximate surface area is 91.7 Å². The van der Waals surface area contributed by atoms with E-state index in [0.29, 0.717) is 12.5 Å². The molecular weight excluding hydrogens is 188 g/mol. The third-order valence-electron chi connectivity index (χ3n) is 2.38. The van der Waals surface area contributed by atoms with Gasteiger partial charge in [0, 0.05) is 24.5 Å². The van der Waals surface area contributed by atoms with Gasteiger partial charge >= 0.3 is 0 Å². The van der Waals surface area contributed by atoms with Crippen LogP contribution in [0.1, 0.15) is 32.3 Å². The van der Waals surface area contributed by atoms with Crippen LogP contribution < -0.4 is 10.5 Å². The summed E-state index contributed by atoms with van der Waals surface area (Å²) in [5.74, 6) is 1.46. The molecule has 3 heteroatoms. The van der Waals surface area contributed by atoms with E-state index in [1.165, 1.54) is 12.8 Å². The topological polar surface area (TPSA) is 48.1 Å². The van der Waals surface area contributed by atoms with Gasteiger partial charge in [-0.1, -0.05) is 20.3 Å². The Morgan fingerprint density at radius 1 is 1.53 bits per heavy atom. The number of hydrogen-bond acceptors (Lipinski definition) is 3. The molecule has 0 saturated carbocycles. The predicted octanol–water partition coefficient (Wildman–Crippen LogP) is 2.36. The molecule has 84 valence electrons. The Kier molecular flexibility index (Phi) is 5.12. The standard InChI is InChI=1S/C12H20N2O/c1-3-4-10(2)9-15-12-5-6-14-8-11(12)7-13/h5-6,8,10H,3-4,7,9,13H2,1-2H3. The van der Waals surface area contributed by atoms with Crippen LogP contribution in [0.2, 0.25) is 0 Å². The molecule has 1 heterocycles. The minimum absolute atomic E-state index is 0.478. The number of rotatable bonds is 6. The Morgan fingerprint density at radius 2 is 2.33 bits per heavy atom. The maximum Gasteiger partial charge on any atom is 0.126 e. The zero-order chi connectivity index (χ0) is 11.1. The molecule has 15 heavy (non-hydrogen) atoms. The highest BCUT2D eigenvalue weighted by molar-refractivity contribution is 5.29. The number of pyridine rings is 1. The van der Waals surface area contributed by atoms with Crippen molar-refractivity contribution in [3.05, 3.63) is 24.0 Å². The summed E-state index contributed by atoms with van der Waals surface area (Å²) >= 11 is 0. The second-order valence-electron chi connectivity index (χ2n) is 3.89. The number of ether oxygens (including phenoxy) is 1. The summed E-state index contributed by atoms with van der Waals surface area (Å²) in [5.41, 5.74) is 6.57. The Morgan fingerprint density at radius 3 is 3.00 bits per heavy atom. The molecule has 0 fully saturated rings. The van der Waals surface area contributed by atoms with Crippen LogP contribution >= 0.6 is 0 Å². The molecule has 1 unspecified atom stereocenters. The molecule has 0 aromatic carbocycles. The average Bonchev–Trinajstić information content (AvgIpc) is 2.27. The van der Waals surface area contributed by atoms with Crippen molar-refractivity contribution in [1.29, 1.82) is 0 Å². The molecule has 1 aromatic heterocycles. The maximum absolute atomic E-state index is 5.72. The first-order valence-electron chi connectivity index (χ1n) is 5.53. The summed E-state index contributed by atoms with van der Waals surface area (Å²) in [5, 5.41) is 0. The molecule has 0 aliphatic heterocycles. The summed E-state index contributed by atoms with van der Waals surface area (Å²) in [4.78, 5) is 4.02. The lowest BCUT2D eigenvalue weighted by Crippen LogP contribution is -2.10. The summed E-state index contributed by atoms with van der Waals surface area (Å²) in [6.45, 7) is 5.62. The van der Waals surface area contributed by atoms with Gasteiger partial charge in [0.15, 0.2) is 0 Å². The summed E-state index contributed by atoms with van der Waals surface area (Å²) in [6, 6.07) is 1.88. The van der Waals surface area contributed by atoms with Crippen LogP contribution in [0.4, 0.5) is 0 Å². The smallest absolute Gasteiger partial charge is 0.126 e. The Hall–Kier alpha value is -1.09. The Bertz CT molecular complexity index is 289. The fourth-order valence-corrected chi connectivity index (χ4v) is 1.52. The van der Waals surface area contributed by atoms with Crippen molar-refractivity contribution in [2.75, 3.05) is 6.61 Å². The molecule has 2 N–H and O–H groups in total. The summed E-state index contributed by atoms with van der Waals surface area (Å²) in [7, 11) is 0. The second-order valence-corrected chi connectivity index (χ2v) is 3.89. The minimum Gasteiger partial charge on any atom is -0.493 e. The molecule has 0 amide bonds. The highest BCUT2D eigenvalue weighted by Crippen LogP contribution is 2.17. The normalized spacial score (nSPS) is 12.5. The van der Waals surface area contributed by atoms with Crippen LogP contribution in [-0.4, -0.2) is 11.6 Å². The van der Waals surface area contributed by atoms with Crippen molar-refractivity contribution in [3.8, 4) is 5.75 Å². The van der Waals surface area contributed by atoms with Gasteiger partial charge in [-0.05, 0) is 18.4 Å². The molecule has 1 aromatic rings. The van der Waals surface area contributed by atoms with Crippen molar-refractivity contribution < 1.29 is 4.74 Å². The SMILES string of the molecule is CCCC(C)COc1ccncc1CN. The van der Waals surface area contributed by atoms with Crippen LogP contribution in [0.25, 0.3) is 0 Å². The first-order chi connectivity index (χ1) is 7.27. The van der Waals surface area contributed by atoms with Crippen LogP contribution in [0.3, 0.4) is 0 Å². The van der Waals surface area contributed by atoms with Gasteiger partial charge in [0.05, 0.1) is 6.61 Å². The highest BCUT2D eigenvalue weighted by atomic mass is 16.5. The molecule has 3 nitrogen and oxygen atoms in total. The molecule has 0 radical (unpaired) electrons. The monoisotopic (exact) mass is 208 g/mol. The van der Waals surface area contributed by atoms with E-state index in [9.17, 15) is 0 Å². The van der Waals surface area contributed by atoms with Gasteiger partial charge < -0.3 is 10.5 Å². The van der Waals surface area contributed by atoms with Crippen LogP contribution in [0.5, 0.6) is 5.75 Å². The molecule has 0 saturated heterocycles. The number of hydrogen-bond donors (Lipinski definition) is 1. The Balaban J connectivity index is 2.49. The molecule has 0 bridgehead atoms. The summed E-state index contributed by atoms with van der Waals surface area (Å²) < 4.78 is 5.72. The van der Waals surface area contributed by atoms with Crippen molar-refractivity contribution in [1.82, 2.24) is 4.98 Å². The van der Waals surface area contributed by atoms with E-state index in [-0.39, 0.29) is 0 Å². The van der Waals surface area contributed by atoms with Crippen LogP contribution in [0, 0.1) is 5.92 Å². The van der Waals surface area contributed by atoms with Crippen molar-refractivity contribution in [2.24, 2.45) is 11.7 Å². The van der Waals surface area contributed by atoms with E-state index in [4.69, 9.17) is 10.5 Å². The van der Waals surface area contributed by atoms with Gasteiger partial charge in [0.1, 0.15) is 5.75 Å². The van der Waals surface area contributed by atoms with Gasteiger partial charge in [-0.2, -0.15) is 0 Å². The van der Waals surface area contributed by atoms with Crippen molar-refractivity contribution in [2.45, 2.75) is 33.2 Å². The molecule has 0 spiro atoms. The number of nitrogens with two attached hydrogens (primary N) is 1. The van der Waals surface area contributed by atoms with E-state index in [1.807, 2.05) is 6.07 Å². The zero-order valence-electron chi connectivity index (χ0n) is 9.57. The van der Waals surface area contributed by atoms with Crippen LogP contribution in [-0.2, 0) is 6.54 Å². The second kappa shape index (κ2) is 6.40. The quantitative estimate of drug-likeness (QED) is 0.780. The zero-order valence-corrected chi connectivity index (χ0v) is 9.57. The first kappa shape index (κ1) is 12.0. The molecule has 1 rings (SSSR count).